The second kappa shape index (κ2) is 8.90. The van der Waals surface area contributed by atoms with Gasteiger partial charge in [-0.05, 0) is 56.5 Å². The van der Waals surface area contributed by atoms with Gasteiger partial charge in [-0.15, -0.1) is 0 Å². The molecule has 6 nitrogen and oxygen atoms in total. The summed E-state index contributed by atoms with van der Waals surface area (Å²) in [6.45, 7) is 4.96. The smallest absolute Gasteiger partial charge is 0.307 e. The van der Waals surface area contributed by atoms with Crippen LogP contribution in [0.1, 0.15) is 39.9 Å². The van der Waals surface area contributed by atoms with Crippen LogP contribution in [0.4, 0.5) is 5.69 Å². The van der Waals surface area contributed by atoms with E-state index in [-0.39, 0.29) is 24.2 Å². The van der Waals surface area contributed by atoms with Crippen molar-refractivity contribution in [1.82, 2.24) is 4.90 Å². The molecule has 29 heavy (non-hydrogen) atoms. The Morgan fingerprint density at radius 1 is 1.10 bits per heavy atom. The minimum Gasteiger partial charge on any atom is -0.481 e. The van der Waals surface area contributed by atoms with Crippen LogP contribution >= 0.6 is 0 Å². The van der Waals surface area contributed by atoms with Crippen molar-refractivity contribution >= 4 is 23.5 Å². The first-order chi connectivity index (χ1) is 13.8. The zero-order valence-corrected chi connectivity index (χ0v) is 16.8. The molecule has 0 spiro atoms. The fourth-order valence-electron chi connectivity index (χ4n) is 3.83. The second-order valence-corrected chi connectivity index (χ2v) is 7.73. The second-order valence-electron chi connectivity index (χ2n) is 7.73. The third-order valence-corrected chi connectivity index (χ3v) is 5.10. The Kier molecular flexibility index (Phi) is 6.32. The number of likely N-dealkylation sites (tertiary alicyclic amines) is 1. The first-order valence-electron chi connectivity index (χ1n) is 9.81. The van der Waals surface area contributed by atoms with Gasteiger partial charge in [0.25, 0.3) is 5.91 Å². The number of hydrogen-bond donors (Lipinski definition) is 2. The molecule has 0 radical (unpaired) electrons. The van der Waals surface area contributed by atoms with Gasteiger partial charge in [0, 0.05) is 24.3 Å². The summed E-state index contributed by atoms with van der Waals surface area (Å²) in [6.07, 6.45) is 1.40. The monoisotopic (exact) mass is 394 g/mol. The zero-order chi connectivity index (χ0) is 21.0. The van der Waals surface area contributed by atoms with Crippen molar-refractivity contribution in [3.8, 4) is 0 Å². The first kappa shape index (κ1) is 20.6. The van der Waals surface area contributed by atoms with Crippen molar-refractivity contribution in [2.24, 2.45) is 5.92 Å². The van der Waals surface area contributed by atoms with Gasteiger partial charge < -0.3 is 15.3 Å². The largest absolute Gasteiger partial charge is 0.481 e. The maximum atomic E-state index is 12.9. The molecule has 0 aliphatic carbocycles. The Morgan fingerprint density at radius 2 is 1.83 bits per heavy atom. The van der Waals surface area contributed by atoms with Gasteiger partial charge in [-0.1, -0.05) is 29.3 Å². The van der Waals surface area contributed by atoms with E-state index in [4.69, 9.17) is 5.11 Å². The molecule has 0 aromatic heterocycles. The van der Waals surface area contributed by atoms with E-state index in [1.54, 1.807) is 29.2 Å². The Labute approximate surface area is 170 Å². The summed E-state index contributed by atoms with van der Waals surface area (Å²) in [4.78, 5) is 38.3. The number of piperidine rings is 1. The first-order valence-corrected chi connectivity index (χ1v) is 9.81. The van der Waals surface area contributed by atoms with E-state index < -0.39 is 5.97 Å². The topological polar surface area (TPSA) is 86.7 Å². The number of carbonyl (C=O) groups is 3. The number of aliphatic carboxylic acids is 1. The standard InChI is InChI=1S/C23H26N2O4/c1-15-9-16(2)11-19(10-15)23(29)25-8-4-6-18(14-25)22(28)24-20-7-3-5-17(12-20)13-21(26)27/h3,5,7,9-12,18H,4,6,8,13-14H2,1-2H3,(H,24,28)(H,26,27). The summed E-state index contributed by atoms with van der Waals surface area (Å²) in [5.41, 5.74) is 3.95. The van der Waals surface area contributed by atoms with Gasteiger partial charge in [-0.3, -0.25) is 14.4 Å². The molecule has 2 aromatic carbocycles. The molecule has 1 fully saturated rings. The highest BCUT2D eigenvalue weighted by Crippen LogP contribution is 2.22. The highest BCUT2D eigenvalue weighted by atomic mass is 16.4. The molecule has 152 valence electrons. The molecule has 1 aliphatic heterocycles. The van der Waals surface area contributed by atoms with Crippen LogP contribution in [0.5, 0.6) is 0 Å². The van der Waals surface area contributed by atoms with E-state index in [0.717, 1.165) is 24.0 Å². The molecule has 3 rings (SSSR count). The number of carboxylic acid groups (broad SMARTS) is 1. The van der Waals surface area contributed by atoms with Crippen LogP contribution in [0.2, 0.25) is 0 Å². The Bertz CT molecular complexity index is 918. The normalized spacial score (nSPS) is 16.3. The average Bonchev–Trinajstić information content (AvgIpc) is 2.66. The maximum Gasteiger partial charge on any atom is 0.307 e. The van der Waals surface area contributed by atoms with Crippen LogP contribution in [0, 0.1) is 19.8 Å². The number of nitrogens with one attached hydrogen (secondary N) is 1. The van der Waals surface area contributed by atoms with Gasteiger partial charge in [0.15, 0.2) is 0 Å². The number of carboxylic acids is 1. The zero-order valence-electron chi connectivity index (χ0n) is 16.8. The van der Waals surface area contributed by atoms with E-state index in [1.807, 2.05) is 32.0 Å². The summed E-state index contributed by atoms with van der Waals surface area (Å²) in [6, 6.07) is 12.7. The minimum absolute atomic E-state index is 0.0437. The highest BCUT2D eigenvalue weighted by molar-refractivity contribution is 5.96. The molecule has 0 bridgehead atoms. The van der Waals surface area contributed by atoms with Gasteiger partial charge in [-0.2, -0.15) is 0 Å². The summed E-state index contributed by atoms with van der Waals surface area (Å²) in [5.74, 6) is -1.39. The molecular weight excluding hydrogens is 368 g/mol. The van der Waals surface area contributed by atoms with E-state index >= 15 is 0 Å². The number of aryl methyl sites for hydroxylation is 2. The quantitative estimate of drug-likeness (QED) is 0.814. The summed E-state index contributed by atoms with van der Waals surface area (Å²) >= 11 is 0. The summed E-state index contributed by atoms with van der Waals surface area (Å²) in [5, 5.41) is 11.8. The van der Waals surface area contributed by atoms with Crippen LogP contribution in [0.3, 0.4) is 0 Å². The average molecular weight is 394 g/mol. The van der Waals surface area contributed by atoms with E-state index in [2.05, 4.69) is 5.32 Å². The van der Waals surface area contributed by atoms with Crippen LogP contribution in [0.25, 0.3) is 0 Å². The lowest BCUT2D eigenvalue weighted by Crippen LogP contribution is -2.43. The minimum atomic E-state index is -0.915. The summed E-state index contributed by atoms with van der Waals surface area (Å²) < 4.78 is 0. The fraction of sp³-hybridized carbons (Fsp3) is 0.348. The van der Waals surface area contributed by atoms with E-state index in [0.29, 0.717) is 29.9 Å². The molecule has 1 heterocycles. The fourth-order valence-corrected chi connectivity index (χ4v) is 3.83. The molecule has 2 N–H and O–H groups in total. The van der Waals surface area contributed by atoms with Gasteiger partial charge >= 0.3 is 5.97 Å². The molecule has 1 aliphatic rings. The van der Waals surface area contributed by atoms with Gasteiger partial charge in [-0.25, -0.2) is 0 Å². The lowest BCUT2D eigenvalue weighted by molar-refractivity contribution is -0.136. The van der Waals surface area contributed by atoms with E-state index in [1.165, 1.54) is 0 Å². The van der Waals surface area contributed by atoms with Crippen molar-refractivity contribution in [2.45, 2.75) is 33.1 Å². The van der Waals surface area contributed by atoms with Crippen LogP contribution in [-0.4, -0.2) is 40.9 Å². The third-order valence-electron chi connectivity index (χ3n) is 5.10. The van der Waals surface area contributed by atoms with E-state index in [9.17, 15) is 14.4 Å². The Morgan fingerprint density at radius 3 is 2.52 bits per heavy atom. The number of anilines is 1. The predicted molar refractivity (Wildman–Crippen MR) is 111 cm³/mol. The summed E-state index contributed by atoms with van der Waals surface area (Å²) in [7, 11) is 0. The molecule has 1 unspecified atom stereocenters. The number of benzene rings is 2. The van der Waals surface area contributed by atoms with Crippen LogP contribution < -0.4 is 5.32 Å². The van der Waals surface area contributed by atoms with Gasteiger partial charge in [0.05, 0.1) is 12.3 Å². The molecule has 2 amide bonds. The predicted octanol–water partition coefficient (Wildman–Crippen LogP) is 3.42. The molecule has 1 atom stereocenters. The van der Waals surface area contributed by atoms with Crippen molar-refractivity contribution in [1.29, 1.82) is 0 Å². The van der Waals surface area contributed by atoms with Crippen molar-refractivity contribution in [2.75, 3.05) is 18.4 Å². The number of rotatable bonds is 5. The van der Waals surface area contributed by atoms with Crippen molar-refractivity contribution < 1.29 is 19.5 Å². The molecule has 1 saturated heterocycles. The third kappa shape index (κ3) is 5.44. The number of amides is 2. The number of nitrogens with zero attached hydrogens (tertiary/aromatic N) is 1. The van der Waals surface area contributed by atoms with Gasteiger partial charge in [0.2, 0.25) is 5.91 Å². The van der Waals surface area contributed by atoms with Crippen LogP contribution in [-0.2, 0) is 16.0 Å². The molecular formula is C23H26N2O4. The SMILES string of the molecule is Cc1cc(C)cc(C(=O)N2CCCC(C(=O)Nc3cccc(CC(=O)O)c3)C2)c1. The maximum absolute atomic E-state index is 12.9. The highest BCUT2D eigenvalue weighted by Gasteiger charge is 2.29. The molecule has 6 heteroatoms. The lowest BCUT2D eigenvalue weighted by Gasteiger charge is -2.32. The number of carbonyl (C=O) groups excluding carboxylic acids is 2. The number of hydrogen-bond acceptors (Lipinski definition) is 3. The molecule has 2 aromatic rings. The van der Waals surface area contributed by atoms with Crippen molar-refractivity contribution in [3.63, 3.8) is 0 Å². The van der Waals surface area contributed by atoms with Crippen molar-refractivity contribution in [3.05, 3.63) is 64.7 Å². The Hall–Kier alpha value is -3.15. The van der Waals surface area contributed by atoms with Crippen LogP contribution in [0.15, 0.2) is 42.5 Å². The van der Waals surface area contributed by atoms with Gasteiger partial charge in [0.1, 0.15) is 0 Å². The molecule has 0 saturated carbocycles. The lowest BCUT2D eigenvalue weighted by atomic mass is 9.96. The Balaban J connectivity index is 1.66.